The van der Waals surface area contributed by atoms with E-state index in [4.69, 9.17) is 0 Å². The highest BCUT2D eigenvalue weighted by molar-refractivity contribution is 7.10. The second kappa shape index (κ2) is 12.5. The summed E-state index contributed by atoms with van der Waals surface area (Å²) >= 11 is 1.83. The van der Waals surface area contributed by atoms with Gasteiger partial charge >= 0.3 is 0 Å². The van der Waals surface area contributed by atoms with E-state index in [0.717, 1.165) is 26.1 Å². The Kier molecular flexibility index (Phi) is 9.37. The molecule has 0 spiro atoms. The number of rotatable bonds is 9. The molecule has 2 atom stereocenters. The van der Waals surface area contributed by atoms with Gasteiger partial charge in [0, 0.05) is 30.6 Å². The lowest BCUT2D eigenvalue weighted by molar-refractivity contribution is -0.119. The van der Waals surface area contributed by atoms with Crippen LogP contribution in [0.15, 0.2) is 52.8 Å². The maximum absolute atomic E-state index is 12.2. The highest BCUT2D eigenvalue weighted by Gasteiger charge is 2.31. The molecule has 0 radical (unpaired) electrons. The zero-order chi connectivity index (χ0) is 21.9. The number of hydrogen-bond donors (Lipinski definition) is 3. The highest BCUT2D eigenvalue weighted by Crippen LogP contribution is 2.36. The minimum Gasteiger partial charge on any atom is -0.357 e. The van der Waals surface area contributed by atoms with Crippen LogP contribution in [0.4, 0.5) is 0 Å². The van der Waals surface area contributed by atoms with Crippen LogP contribution >= 0.6 is 11.3 Å². The number of likely N-dealkylation sites (tertiary alicyclic amines) is 1. The number of thiophene rings is 1. The normalized spacial score (nSPS) is 19.7. The molecule has 1 aromatic heterocycles. The number of nitrogens with one attached hydrogen (secondary N) is 3. The SMILES string of the molecule is CCNC(=NCC(=O)NCCc1ccccc1)NCC1CCCN(C)C1c1cccs1. The molecule has 0 bridgehead atoms. The van der Waals surface area contributed by atoms with Crippen molar-refractivity contribution in [2.45, 2.75) is 32.2 Å². The van der Waals surface area contributed by atoms with Gasteiger partial charge in [-0.25, -0.2) is 4.99 Å². The molecule has 2 unspecified atom stereocenters. The minimum absolute atomic E-state index is 0.0537. The van der Waals surface area contributed by atoms with E-state index in [1.54, 1.807) is 0 Å². The fourth-order valence-corrected chi connectivity index (χ4v) is 5.13. The van der Waals surface area contributed by atoms with Crippen molar-refractivity contribution in [3.05, 3.63) is 58.3 Å². The first-order valence-electron chi connectivity index (χ1n) is 11.2. The minimum atomic E-state index is -0.0537. The van der Waals surface area contributed by atoms with Crippen molar-refractivity contribution < 1.29 is 4.79 Å². The summed E-state index contributed by atoms with van der Waals surface area (Å²) in [6, 6.07) is 15.0. The van der Waals surface area contributed by atoms with E-state index in [9.17, 15) is 4.79 Å². The molecule has 168 valence electrons. The van der Waals surface area contributed by atoms with Crippen molar-refractivity contribution in [3.63, 3.8) is 0 Å². The first-order valence-corrected chi connectivity index (χ1v) is 12.1. The molecule has 31 heavy (non-hydrogen) atoms. The number of benzene rings is 1. The summed E-state index contributed by atoms with van der Waals surface area (Å²) in [5.74, 6) is 1.17. The van der Waals surface area contributed by atoms with Gasteiger partial charge in [-0.15, -0.1) is 11.3 Å². The van der Waals surface area contributed by atoms with Gasteiger partial charge in [0.15, 0.2) is 5.96 Å². The monoisotopic (exact) mass is 441 g/mol. The van der Waals surface area contributed by atoms with Crippen molar-refractivity contribution in [1.29, 1.82) is 0 Å². The van der Waals surface area contributed by atoms with E-state index in [1.807, 2.05) is 36.5 Å². The van der Waals surface area contributed by atoms with Gasteiger partial charge in [-0.2, -0.15) is 0 Å². The number of guanidine groups is 1. The average molecular weight is 442 g/mol. The lowest BCUT2D eigenvalue weighted by atomic mass is 9.88. The van der Waals surface area contributed by atoms with Crippen molar-refractivity contribution >= 4 is 23.2 Å². The first-order chi connectivity index (χ1) is 15.2. The molecule has 1 saturated heterocycles. The van der Waals surface area contributed by atoms with E-state index in [2.05, 4.69) is 62.5 Å². The maximum Gasteiger partial charge on any atom is 0.241 e. The van der Waals surface area contributed by atoms with Crippen molar-refractivity contribution in [2.75, 3.05) is 39.8 Å². The number of aliphatic imine (C=N–C) groups is 1. The average Bonchev–Trinajstić information content (AvgIpc) is 3.31. The zero-order valence-corrected chi connectivity index (χ0v) is 19.5. The Bertz CT molecular complexity index is 809. The molecule has 0 saturated carbocycles. The van der Waals surface area contributed by atoms with E-state index >= 15 is 0 Å². The second-order valence-corrected chi connectivity index (χ2v) is 8.98. The van der Waals surface area contributed by atoms with Crippen LogP contribution in [0.1, 0.15) is 36.2 Å². The number of nitrogens with zero attached hydrogens (tertiary/aromatic N) is 2. The molecular weight excluding hydrogens is 406 g/mol. The van der Waals surface area contributed by atoms with Gasteiger partial charge in [-0.3, -0.25) is 9.69 Å². The third-order valence-corrected chi connectivity index (χ3v) is 6.62. The van der Waals surface area contributed by atoms with Crippen LogP contribution < -0.4 is 16.0 Å². The predicted molar refractivity (Wildman–Crippen MR) is 130 cm³/mol. The molecule has 1 amide bonds. The molecule has 3 N–H and O–H groups in total. The van der Waals surface area contributed by atoms with Gasteiger partial charge in [0.05, 0.1) is 0 Å². The molecule has 7 heteroatoms. The smallest absolute Gasteiger partial charge is 0.241 e. The molecule has 6 nitrogen and oxygen atoms in total. The van der Waals surface area contributed by atoms with Crippen LogP contribution in [0.3, 0.4) is 0 Å². The van der Waals surface area contributed by atoms with Crippen molar-refractivity contribution in [2.24, 2.45) is 10.9 Å². The number of hydrogen-bond acceptors (Lipinski definition) is 4. The molecule has 1 aliphatic heterocycles. The molecule has 1 aliphatic rings. The molecule has 3 rings (SSSR count). The summed E-state index contributed by atoms with van der Waals surface area (Å²) in [5, 5.41) is 11.9. The standard InChI is InChI=1S/C24H35N5OS/c1-3-25-24(28-18-22(30)26-14-13-19-9-5-4-6-10-19)27-17-20-11-7-15-29(2)23(20)21-12-8-16-31-21/h4-6,8-10,12,16,20,23H,3,7,11,13-15,17-18H2,1-2H3,(H,26,30)(H2,25,27,28). The lowest BCUT2D eigenvalue weighted by Crippen LogP contribution is -2.45. The van der Waals surface area contributed by atoms with Crippen LogP contribution in [-0.4, -0.2) is 56.5 Å². The molecule has 2 heterocycles. The summed E-state index contributed by atoms with van der Waals surface area (Å²) in [7, 11) is 2.22. The Balaban J connectivity index is 1.48. The predicted octanol–water partition coefficient (Wildman–Crippen LogP) is 3.05. The third kappa shape index (κ3) is 7.36. The largest absolute Gasteiger partial charge is 0.357 e. The molecule has 2 aromatic rings. The Morgan fingerprint density at radius 2 is 2.00 bits per heavy atom. The van der Waals surface area contributed by atoms with E-state index in [0.29, 0.717) is 24.5 Å². The van der Waals surface area contributed by atoms with E-state index in [1.165, 1.54) is 23.3 Å². The third-order valence-electron chi connectivity index (χ3n) is 5.68. The fraction of sp³-hybridized carbons (Fsp3) is 0.500. The van der Waals surface area contributed by atoms with Gasteiger partial charge in [-0.05, 0) is 62.7 Å². The van der Waals surface area contributed by atoms with Gasteiger partial charge in [0.2, 0.25) is 5.91 Å². The summed E-state index contributed by atoms with van der Waals surface area (Å²) < 4.78 is 0. The van der Waals surface area contributed by atoms with Crippen LogP contribution in [0, 0.1) is 5.92 Å². The van der Waals surface area contributed by atoms with Gasteiger partial charge < -0.3 is 16.0 Å². The van der Waals surface area contributed by atoms with E-state index in [-0.39, 0.29) is 12.5 Å². The number of carbonyl (C=O) groups excluding carboxylic acids is 1. The van der Waals surface area contributed by atoms with Crippen LogP contribution in [0.2, 0.25) is 0 Å². The Morgan fingerprint density at radius 1 is 1.16 bits per heavy atom. The first kappa shape index (κ1) is 23.3. The van der Waals surface area contributed by atoms with Gasteiger partial charge in [-0.1, -0.05) is 36.4 Å². The number of carbonyl (C=O) groups is 1. The summed E-state index contributed by atoms with van der Waals surface area (Å²) in [4.78, 5) is 20.6. The molecule has 1 fully saturated rings. The highest BCUT2D eigenvalue weighted by atomic mass is 32.1. The number of amides is 1. The molecular formula is C24H35N5OS. The Labute approximate surface area is 190 Å². The number of piperidine rings is 1. The maximum atomic E-state index is 12.2. The Hall–Kier alpha value is -2.38. The summed E-state index contributed by atoms with van der Waals surface area (Å²) in [6.07, 6.45) is 3.23. The summed E-state index contributed by atoms with van der Waals surface area (Å²) in [6.45, 7) is 5.54. The topological polar surface area (TPSA) is 68.8 Å². The second-order valence-electron chi connectivity index (χ2n) is 8.00. The summed E-state index contributed by atoms with van der Waals surface area (Å²) in [5.41, 5.74) is 1.22. The zero-order valence-electron chi connectivity index (χ0n) is 18.6. The lowest BCUT2D eigenvalue weighted by Gasteiger charge is -2.39. The fourth-order valence-electron chi connectivity index (χ4n) is 4.15. The van der Waals surface area contributed by atoms with Crippen LogP contribution in [-0.2, 0) is 11.2 Å². The molecule has 1 aromatic carbocycles. The van der Waals surface area contributed by atoms with Gasteiger partial charge in [0.25, 0.3) is 0 Å². The van der Waals surface area contributed by atoms with Crippen molar-refractivity contribution in [1.82, 2.24) is 20.9 Å². The van der Waals surface area contributed by atoms with Crippen LogP contribution in [0.25, 0.3) is 0 Å². The van der Waals surface area contributed by atoms with Crippen molar-refractivity contribution in [3.8, 4) is 0 Å². The molecule has 0 aliphatic carbocycles. The Morgan fingerprint density at radius 3 is 2.74 bits per heavy atom. The van der Waals surface area contributed by atoms with E-state index < -0.39 is 0 Å². The quantitative estimate of drug-likeness (QED) is 0.413. The van der Waals surface area contributed by atoms with Crippen LogP contribution in [0.5, 0.6) is 0 Å². The van der Waals surface area contributed by atoms with Gasteiger partial charge in [0.1, 0.15) is 6.54 Å².